The molecule has 1 unspecified atom stereocenters. The highest BCUT2D eigenvalue weighted by atomic mass is 16.5. The average Bonchev–Trinajstić information content (AvgIpc) is 3.21. The predicted octanol–water partition coefficient (Wildman–Crippen LogP) is 2.04. The van der Waals surface area contributed by atoms with E-state index < -0.39 is 5.97 Å². The van der Waals surface area contributed by atoms with Gasteiger partial charge in [0, 0.05) is 19.5 Å². The van der Waals surface area contributed by atoms with E-state index in [1.54, 1.807) is 36.1 Å². The molecule has 1 atom stereocenters. The van der Waals surface area contributed by atoms with E-state index in [1.165, 1.54) is 0 Å². The Balaban J connectivity index is 1.75. The molecule has 132 valence electrons. The number of hydrogen-bond donors (Lipinski definition) is 1. The van der Waals surface area contributed by atoms with E-state index in [1.807, 2.05) is 0 Å². The Morgan fingerprint density at radius 2 is 2.20 bits per heavy atom. The van der Waals surface area contributed by atoms with Crippen molar-refractivity contribution < 1.29 is 24.0 Å². The third-order valence-electron chi connectivity index (χ3n) is 4.09. The lowest BCUT2D eigenvalue weighted by molar-refractivity contribution is -0.137. The van der Waals surface area contributed by atoms with E-state index >= 15 is 0 Å². The first kappa shape index (κ1) is 16.9. The number of benzene rings is 1. The van der Waals surface area contributed by atoms with Crippen LogP contribution in [0.3, 0.4) is 0 Å². The smallest absolute Gasteiger partial charge is 0.305 e. The maximum absolute atomic E-state index is 12.9. The first-order chi connectivity index (χ1) is 12.0. The minimum absolute atomic E-state index is 0.0447. The van der Waals surface area contributed by atoms with Crippen LogP contribution in [0.2, 0.25) is 0 Å². The molecule has 1 amide bonds. The second-order valence-electron chi connectivity index (χ2n) is 5.91. The molecule has 2 heterocycles. The molecule has 0 saturated carbocycles. The molecule has 2 aromatic rings. The van der Waals surface area contributed by atoms with E-state index in [0.717, 1.165) is 6.42 Å². The summed E-state index contributed by atoms with van der Waals surface area (Å²) in [5.41, 5.74) is 0.403. The zero-order valence-corrected chi connectivity index (χ0v) is 13.8. The maximum atomic E-state index is 12.9. The van der Waals surface area contributed by atoms with Gasteiger partial charge >= 0.3 is 5.97 Å². The normalized spacial score (nSPS) is 16.8. The van der Waals surface area contributed by atoms with Gasteiger partial charge in [0.15, 0.2) is 6.61 Å². The van der Waals surface area contributed by atoms with Gasteiger partial charge in [0.2, 0.25) is 11.7 Å². The van der Waals surface area contributed by atoms with Crippen LogP contribution in [0, 0.1) is 6.92 Å². The Hall–Kier alpha value is -2.90. The van der Waals surface area contributed by atoms with E-state index in [0.29, 0.717) is 36.0 Å². The van der Waals surface area contributed by atoms with Crippen LogP contribution in [0.15, 0.2) is 28.8 Å². The molecule has 25 heavy (non-hydrogen) atoms. The maximum Gasteiger partial charge on any atom is 0.305 e. The SMILES string of the molecule is Cc1nc(COc2ccccc2C(=O)N2CCCC2CC(=O)O)no1. The number of hydrogen-bond acceptors (Lipinski definition) is 6. The van der Waals surface area contributed by atoms with Crippen LogP contribution >= 0.6 is 0 Å². The number of carboxylic acid groups (broad SMARTS) is 1. The number of aryl methyl sites for hydroxylation is 1. The lowest BCUT2D eigenvalue weighted by Crippen LogP contribution is -2.37. The van der Waals surface area contributed by atoms with Gasteiger partial charge in [-0.25, -0.2) is 0 Å². The van der Waals surface area contributed by atoms with Crippen molar-refractivity contribution in [2.24, 2.45) is 0 Å². The molecule has 1 aliphatic heterocycles. The number of aliphatic carboxylic acids is 1. The zero-order chi connectivity index (χ0) is 17.8. The summed E-state index contributed by atoms with van der Waals surface area (Å²) in [5, 5.41) is 12.8. The van der Waals surface area contributed by atoms with Gasteiger partial charge in [-0.3, -0.25) is 9.59 Å². The summed E-state index contributed by atoms with van der Waals surface area (Å²) in [5.74, 6) is 0.127. The van der Waals surface area contributed by atoms with Crippen LogP contribution in [-0.4, -0.2) is 44.6 Å². The molecule has 8 heteroatoms. The van der Waals surface area contributed by atoms with Crippen molar-refractivity contribution in [3.8, 4) is 5.75 Å². The summed E-state index contributed by atoms with van der Waals surface area (Å²) >= 11 is 0. The van der Waals surface area contributed by atoms with E-state index in [9.17, 15) is 9.59 Å². The van der Waals surface area contributed by atoms with Crippen molar-refractivity contribution in [2.75, 3.05) is 6.54 Å². The summed E-state index contributed by atoms with van der Waals surface area (Å²) in [6.07, 6.45) is 1.45. The fourth-order valence-electron chi connectivity index (χ4n) is 2.98. The quantitative estimate of drug-likeness (QED) is 0.854. The number of carbonyl (C=O) groups is 2. The van der Waals surface area contributed by atoms with Gasteiger partial charge in [-0.15, -0.1) is 0 Å². The number of carboxylic acids is 1. The monoisotopic (exact) mass is 345 g/mol. The van der Waals surface area contributed by atoms with Gasteiger partial charge in [-0.2, -0.15) is 4.98 Å². The first-order valence-corrected chi connectivity index (χ1v) is 8.08. The number of aromatic nitrogens is 2. The second-order valence-corrected chi connectivity index (χ2v) is 5.91. The van der Waals surface area contributed by atoms with Crippen molar-refractivity contribution in [3.63, 3.8) is 0 Å². The lowest BCUT2D eigenvalue weighted by atomic mass is 10.1. The number of amides is 1. The molecule has 0 spiro atoms. The summed E-state index contributed by atoms with van der Waals surface area (Å²) < 4.78 is 10.6. The van der Waals surface area contributed by atoms with Crippen LogP contribution in [0.1, 0.15) is 41.3 Å². The molecule has 1 N–H and O–H groups in total. The lowest BCUT2D eigenvalue weighted by Gasteiger charge is -2.24. The predicted molar refractivity (Wildman–Crippen MR) is 86.1 cm³/mol. The summed E-state index contributed by atoms with van der Waals surface area (Å²) in [6, 6.07) is 6.61. The van der Waals surface area contributed by atoms with Gasteiger partial charge in [0.25, 0.3) is 5.91 Å². The van der Waals surface area contributed by atoms with Crippen LogP contribution in [0.25, 0.3) is 0 Å². The summed E-state index contributed by atoms with van der Waals surface area (Å²) in [6.45, 7) is 2.32. The van der Waals surface area contributed by atoms with E-state index in [2.05, 4.69) is 10.1 Å². The molecule has 3 rings (SSSR count). The fourth-order valence-corrected chi connectivity index (χ4v) is 2.98. The van der Waals surface area contributed by atoms with Crippen molar-refractivity contribution in [2.45, 2.75) is 38.8 Å². The standard InChI is InChI=1S/C17H19N3O5/c1-11-18-15(19-25-11)10-24-14-7-3-2-6-13(14)17(23)20-8-4-5-12(20)9-16(21)22/h2-3,6-7,12H,4-5,8-10H2,1H3,(H,21,22). The molecular weight excluding hydrogens is 326 g/mol. The summed E-state index contributed by atoms with van der Waals surface area (Å²) in [4.78, 5) is 29.6. The van der Waals surface area contributed by atoms with E-state index in [-0.39, 0.29) is 25.0 Å². The number of para-hydroxylation sites is 1. The zero-order valence-electron chi connectivity index (χ0n) is 13.8. The molecule has 0 radical (unpaired) electrons. The van der Waals surface area contributed by atoms with Crippen molar-refractivity contribution >= 4 is 11.9 Å². The van der Waals surface area contributed by atoms with Gasteiger partial charge in [0.1, 0.15) is 5.75 Å². The van der Waals surface area contributed by atoms with Crippen LogP contribution in [-0.2, 0) is 11.4 Å². The Labute approximate surface area is 144 Å². The molecular formula is C17H19N3O5. The minimum Gasteiger partial charge on any atom is -0.485 e. The molecule has 1 aliphatic rings. The van der Waals surface area contributed by atoms with Crippen molar-refractivity contribution in [1.29, 1.82) is 0 Å². The van der Waals surface area contributed by atoms with Crippen molar-refractivity contribution in [1.82, 2.24) is 15.0 Å². The molecule has 1 fully saturated rings. The Kier molecular flexibility index (Phi) is 4.97. The number of nitrogens with zero attached hydrogens (tertiary/aromatic N) is 3. The fraction of sp³-hybridized carbons (Fsp3) is 0.412. The highest BCUT2D eigenvalue weighted by molar-refractivity contribution is 5.97. The first-order valence-electron chi connectivity index (χ1n) is 8.08. The average molecular weight is 345 g/mol. The van der Waals surface area contributed by atoms with E-state index in [4.69, 9.17) is 14.4 Å². The van der Waals surface area contributed by atoms with Crippen molar-refractivity contribution in [3.05, 3.63) is 41.5 Å². The largest absolute Gasteiger partial charge is 0.485 e. The van der Waals surface area contributed by atoms with Crippen LogP contribution in [0.5, 0.6) is 5.75 Å². The number of rotatable bonds is 6. The Morgan fingerprint density at radius 3 is 2.92 bits per heavy atom. The molecule has 1 aromatic heterocycles. The molecule has 0 bridgehead atoms. The molecule has 1 saturated heterocycles. The number of likely N-dealkylation sites (tertiary alicyclic amines) is 1. The highest BCUT2D eigenvalue weighted by Crippen LogP contribution is 2.27. The third kappa shape index (κ3) is 3.96. The molecule has 1 aromatic carbocycles. The minimum atomic E-state index is -0.901. The van der Waals surface area contributed by atoms with Gasteiger partial charge in [0.05, 0.1) is 12.0 Å². The summed E-state index contributed by atoms with van der Waals surface area (Å²) in [7, 11) is 0. The van der Waals surface area contributed by atoms with Crippen LogP contribution in [0.4, 0.5) is 0 Å². The molecule has 0 aliphatic carbocycles. The second kappa shape index (κ2) is 7.33. The Bertz CT molecular complexity index is 773. The Morgan fingerprint density at radius 1 is 1.40 bits per heavy atom. The number of ether oxygens (including phenoxy) is 1. The number of carbonyl (C=O) groups excluding carboxylic acids is 1. The van der Waals surface area contributed by atoms with Gasteiger partial charge < -0.3 is 19.3 Å². The highest BCUT2D eigenvalue weighted by Gasteiger charge is 2.32. The topological polar surface area (TPSA) is 106 Å². The van der Waals surface area contributed by atoms with Gasteiger partial charge in [-0.1, -0.05) is 17.3 Å². The molecule has 8 nitrogen and oxygen atoms in total. The van der Waals surface area contributed by atoms with Crippen LogP contribution < -0.4 is 4.74 Å². The van der Waals surface area contributed by atoms with Gasteiger partial charge in [-0.05, 0) is 25.0 Å². The third-order valence-corrected chi connectivity index (χ3v) is 4.09.